The lowest BCUT2D eigenvalue weighted by molar-refractivity contribution is -0.137. The van der Waals surface area contributed by atoms with Crippen LogP contribution in [0.4, 0.5) is 11.4 Å². The number of amides is 2. The zero-order chi connectivity index (χ0) is 26.2. The van der Waals surface area contributed by atoms with Crippen LogP contribution in [0.1, 0.15) is 58.3 Å². The number of aryl methyl sites for hydroxylation is 3. The number of aromatic nitrogens is 2. The van der Waals surface area contributed by atoms with E-state index in [2.05, 4.69) is 21.8 Å². The Morgan fingerprint density at radius 1 is 1.22 bits per heavy atom. The first-order chi connectivity index (χ1) is 17.8. The fraction of sp³-hybridized carbons (Fsp3) is 0.321. The molecule has 1 heterocycles. The van der Waals surface area contributed by atoms with Crippen LogP contribution in [-0.2, 0) is 34.9 Å². The molecular formula is C28H27N5O4. The van der Waals surface area contributed by atoms with Gasteiger partial charge in [0.2, 0.25) is 5.91 Å². The van der Waals surface area contributed by atoms with Gasteiger partial charge < -0.3 is 15.7 Å². The van der Waals surface area contributed by atoms with Crippen LogP contribution in [0.5, 0.6) is 0 Å². The number of carbonyl (C=O) groups is 3. The molecule has 9 nitrogen and oxygen atoms in total. The molecule has 3 N–H and O–H groups in total. The molecule has 0 bridgehead atoms. The van der Waals surface area contributed by atoms with Crippen LogP contribution in [0.3, 0.4) is 0 Å². The Labute approximate surface area is 214 Å². The third kappa shape index (κ3) is 4.83. The van der Waals surface area contributed by atoms with Crippen molar-refractivity contribution < 1.29 is 19.5 Å². The number of carboxylic acids is 1. The van der Waals surface area contributed by atoms with Crippen molar-refractivity contribution >= 4 is 29.2 Å². The van der Waals surface area contributed by atoms with E-state index in [0.29, 0.717) is 41.8 Å². The van der Waals surface area contributed by atoms with E-state index < -0.39 is 5.97 Å². The summed E-state index contributed by atoms with van der Waals surface area (Å²) in [6, 6.07) is 12.9. The second-order valence-electron chi connectivity index (χ2n) is 9.86. The zero-order valence-corrected chi connectivity index (χ0v) is 20.5. The molecule has 188 valence electrons. The van der Waals surface area contributed by atoms with Crippen molar-refractivity contribution in [2.75, 3.05) is 10.6 Å². The van der Waals surface area contributed by atoms with Crippen LogP contribution in [0.15, 0.2) is 48.8 Å². The summed E-state index contributed by atoms with van der Waals surface area (Å²) in [7, 11) is 1.78. The molecule has 2 aliphatic carbocycles. The van der Waals surface area contributed by atoms with E-state index in [4.69, 9.17) is 5.11 Å². The Morgan fingerprint density at radius 3 is 2.78 bits per heavy atom. The van der Waals surface area contributed by atoms with Gasteiger partial charge in [0.1, 0.15) is 0 Å². The Bertz CT molecular complexity index is 1450. The fourth-order valence-corrected chi connectivity index (χ4v) is 5.43. The number of fused-ring (bicyclic) bond motifs is 2. The van der Waals surface area contributed by atoms with Crippen LogP contribution in [0.25, 0.3) is 0 Å². The van der Waals surface area contributed by atoms with E-state index in [9.17, 15) is 19.6 Å². The molecule has 2 aliphatic rings. The van der Waals surface area contributed by atoms with Gasteiger partial charge >= 0.3 is 5.97 Å². The second-order valence-corrected chi connectivity index (χ2v) is 9.86. The summed E-state index contributed by atoms with van der Waals surface area (Å²) in [6.07, 6.45) is 6.68. The number of aliphatic carboxylic acids is 1. The van der Waals surface area contributed by atoms with Crippen molar-refractivity contribution in [2.45, 2.75) is 43.9 Å². The van der Waals surface area contributed by atoms with Crippen molar-refractivity contribution in [1.82, 2.24) is 9.78 Å². The number of anilines is 2. The van der Waals surface area contributed by atoms with E-state index in [0.717, 1.165) is 29.5 Å². The molecule has 2 aromatic carbocycles. The zero-order valence-electron chi connectivity index (χ0n) is 20.5. The number of hydrogen-bond donors (Lipinski definition) is 3. The molecule has 1 aromatic heterocycles. The van der Waals surface area contributed by atoms with Crippen molar-refractivity contribution in [3.05, 3.63) is 76.6 Å². The first-order valence-electron chi connectivity index (χ1n) is 12.3. The molecule has 0 aliphatic heterocycles. The maximum absolute atomic E-state index is 13.4. The average molecular weight is 498 g/mol. The number of benzene rings is 2. The second kappa shape index (κ2) is 9.54. The molecule has 0 saturated heterocycles. The van der Waals surface area contributed by atoms with E-state index in [1.807, 2.05) is 18.2 Å². The number of nitrogens with one attached hydrogen (secondary N) is 2. The third-order valence-corrected chi connectivity index (χ3v) is 7.44. The van der Waals surface area contributed by atoms with E-state index in [-0.39, 0.29) is 29.6 Å². The Kier molecular flexibility index (Phi) is 6.25. The lowest BCUT2D eigenvalue weighted by Gasteiger charge is -2.15. The van der Waals surface area contributed by atoms with Crippen LogP contribution in [0, 0.1) is 17.2 Å². The SMILES string of the molecule is Cn1cc(NC(=O)c2ccc3c(c2)[C@]2(CC3)C[C@H]2C(=O)Nc2cc(C#N)ccc2CCCC(=O)O)cn1. The van der Waals surface area contributed by atoms with Crippen molar-refractivity contribution in [3.63, 3.8) is 0 Å². The highest BCUT2D eigenvalue weighted by atomic mass is 16.4. The minimum absolute atomic E-state index is 0.0343. The van der Waals surface area contributed by atoms with Gasteiger partial charge in [-0.15, -0.1) is 0 Å². The normalized spacial score (nSPS) is 19.2. The quantitative estimate of drug-likeness (QED) is 0.433. The van der Waals surface area contributed by atoms with Gasteiger partial charge in [0, 0.05) is 42.2 Å². The largest absolute Gasteiger partial charge is 0.481 e. The highest BCUT2D eigenvalue weighted by molar-refractivity contribution is 6.04. The average Bonchev–Trinajstić information content (AvgIpc) is 3.31. The van der Waals surface area contributed by atoms with E-state index in [1.54, 1.807) is 42.3 Å². The topological polar surface area (TPSA) is 137 Å². The van der Waals surface area contributed by atoms with E-state index >= 15 is 0 Å². The lowest BCUT2D eigenvalue weighted by atomic mass is 9.93. The fourth-order valence-electron chi connectivity index (χ4n) is 5.43. The summed E-state index contributed by atoms with van der Waals surface area (Å²) < 4.78 is 1.62. The first kappa shape index (κ1) is 24.3. The van der Waals surface area contributed by atoms with Crippen LogP contribution in [0.2, 0.25) is 0 Å². The van der Waals surface area contributed by atoms with Gasteiger partial charge in [-0.05, 0) is 73.1 Å². The highest BCUT2D eigenvalue weighted by Gasteiger charge is 2.61. The van der Waals surface area contributed by atoms with Gasteiger partial charge in [-0.1, -0.05) is 12.1 Å². The lowest BCUT2D eigenvalue weighted by Crippen LogP contribution is -2.21. The number of nitrogens with zero attached hydrogens (tertiary/aromatic N) is 3. The maximum Gasteiger partial charge on any atom is 0.303 e. The molecule has 5 rings (SSSR count). The summed E-state index contributed by atoms with van der Waals surface area (Å²) in [6.45, 7) is 0. The van der Waals surface area contributed by atoms with Crippen LogP contribution < -0.4 is 10.6 Å². The smallest absolute Gasteiger partial charge is 0.303 e. The molecular weight excluding hydrogens is 470 g/mol. The third-order valence-electron chi connectivity index (χ3n) is 7.44. The summed E-state index contributed by atoms with van der Waals surface area (Å²) in [5.74, 6) is -1.44. The number of hydrogen-bond acceptors (Lipinski definition) is 5. The molecule has 0 unspecified atom stereocenters. The van der Waals surface area contributed by atoms with Crippen molar-refractivity contribution in [3.8, 4) is 6.07 Å². The minimum atomic E-state index is -0.868. The number of nitriles is 1. The highest BCUT2D eigenvalue weighted by Crippen LogP contribution is 2.62. The number of rotatable bonds is 8. The molecule has 1 saturated carbocycles. The van der Waals surface area contributed by atoms with Gasteiger partial charge in [0.25, 0.3) is 5.91 Å². The van der Waals surface area contributed by atoms with Gasteiger partial charge in [-0.25, -0.2) is 0 Å². The Hall–Kier alpha value is -4.45. The van der Waals surface area contributed by atoms with Gasteiger partial charge in [-0.2, -0.15) is 10.4 Å². The Morgan fingerprint density at radius 2 is 2.05 bits per heavy atom. The molecule has 1 fully saturated rings. The molecule has 2 amide bonds. The summed E-state index contributed by atoms with van der Waals surface area (Å²) >= 11 is 0. The summed E-state index contributed by atoms with van der Waals surface area (Å²) in [4.78, 5) is 37.1. The van der Waals surface area contributed by atoms with Crippen molar-refractivity contribution in [1.29, 1.82) is 5.26 Å². The molecule has 0 radical (unpaired) electrons. The van der Waals surface area contributed by atoms with Crippen LogP contribution >= 0.6 is 0 Å². The Balaban J connectivity index is 1.32. The summed E-state index contributed by atoms with van der Waals surface area (Å²) in [5.41, 5.74) is 4.87. The predicted molar refractivity (Wildman–Crippen MR) is 136 cm³/mol. The number of carbonyl (C=O) groups excluding carboxylic acids is 2. The predicted octanol–water partition coefficient (Wildman–Crippen LogP) is 3.79. The summed E-state index contributed by atoms with van der Waals surface area (Å²) in [5, 5.41) is 28.2. The first-order valence-corrected chi connectivity index (χ1v) is 12.3. The maximum atomic E-state index is 13.4. The van der Waals surface area contributed by atoms with Crippen molar-refractivity contribution in [2.24, 2.45) is 13.0 Å². The van der Waals surface area contributed by atoms with Gasteiger partial charge in [0.15, 0.2) is 0 Å². The van der Waals surface area contributed by atoms with E-state index in [1.165, 1.54) is 0 Å². The monoisotopic (exact) mass is 497 g/mol. The molecule has 2 atom stereocenters. The molecule has 3 aromatic rings. The van der Waals surface area contributed by atoms with Crippen LogP contribution in [-0.4, -0.2) is 32.7 Å². The molecule has 1 spiro atoms. The standard InChI is InChI=1S/C28H27N5O4/c1-33-16-21(15-30-33)31-26(36)20-8-7-18-9-10-28(22(18)12-20)13-23(28)27(37)32-24-11-17(14-29)5-6-19(24)3-2-4-25(34)35/h5-8,11-12,15-16,23H,2-4,9-10,13H2,1H3,(H,31,36)(H,32,37)(H,34,35)/t23-,28-/m0/s1. The number of carboxylic acid groups (broad SMARTS) is 1. The van der Waals surface area contributed by atoms with Gasteiger partial charge in [-0.3, -0.25) is 19.1 Å². The van der Waals surface area contributed by atoms with Gasteiger partial charge in [0.05, 0.1) is 23.5 Å². The molecule has 9 heteroatoms. The minimum Gasteiger partial charge on any atom is -0.481 e. The molecule has 37 heavy (non-hydrogen) atoms.